The molecule has 0 aliphatic carbocycles. The summed E-state index contributed by atoms with van der Waals surface area (Å²) in [7, 11) is -8.88. The van der Waals surface area contributed by atoms with Crippen LogP contribution in [0, 0.1) is 25.2 Å². The van der Waals surface area contributed by atoms with Gasteiger partial charge in [0.15, 0.2) is 0 Å². The highest BCUT2D eigenvalue weighted by molar-refractivity contribution is 7.89. The van der Waals surface area contributed by atoms with Crippen LogP contribution in [-0.2, 0) is 25.9 Å². The molecule has 33 heavy (non-hydrogen) atoms. The van der Waals surface area contributed by atoms with Gasteiger partial charge in [-0.1, -0.05) is 13.0 Å². The zero-order chi connectivity index (χ0) is 24.4. The highest BCUT2D eigenvalue weighted by atomic mass is 32.2. The molecular weight excluding hydrogens is 466 g/mol. The smallest absolute Gasteiger partial charge is 0.269 e. The summed E-state index contributed by atoms with van der Waals surface area (Å²) in [4.78, 5) is 1.69. The Hall–Kier alpha value is -2.49. The summed E-state index contributed by atoms with van der Waals surface area (Å²) in [6.07, 6.45) is 0. The van der Waals surface area contributed by atoms with Crippen molar-refractivity contribution in [2.75, 3.05) is 32.7 Å². The monoisotopic (exact) mass is 493 g/mol. The Kier molecular flexibility index (Phi) is 7.45. The number of benzene rings is 2. The zero-order valence-electron chi connectivity index (χ0n) is 18.8. The molecule has 0 amide bonds. The van der Waals surface area contributed by atoms with Crippen molar-refractivity contribution in [2.24, 2.45) is 0 Å². The number of sulfonamides is 1. The van der Waals surface area contributed by atoms with Gasteiger partial charge >= 0.3 is 0 Å². The van der Waals surface area contributed by atoms with Gasteiger partial charge in [-0.25, -0.2) is 8.42 Å². The topological polar surface area (TPSA) is 128 Å². The normalized spacial score (nSPS) is 15.8. The maximum atomic E-state index is 13.7. The van der Waals surface area contributed by atoms with Gasteiger partial charge in [0.1, 0.15) is 22.1 Å². The summed E-state index contributed by atoms with van der Waals surface area (Å²) >= 11 is 0. The summed E-state index contributed by atoms with van der Waals surface area (Å²) in [5, 5.41) is 9.55. The van der Waals surface area contributed by atoms with Crippen LogP contribution >= 0.6 is 0 Å². The number of aryl methyl sites for hydroxylation is 2. The molecule has 1 N–H and O–H groups in total. The Balaban J connectivity index is 2.19. The number of likely N-dealkylation sites (N-methyl/N-ethyl adjacent to an activating group) is 1. The van der Waals surface area contributed by atoms with Crippen LogP contribution in [0.3, 0.4) is 0 Å². The van der Waals surface area contributed by atoms with E-state index in [4.69, 9.17) is 4.74 Å². The number of rotatable bonds is 7. The Labute approximate surface area is 195 Å². The van der Waals surface area contributed by atoms with Gasteiger partial charge in [0, 0.05) is 31.7 Å². The molecular formula is C22H27N3O6S2. The SMILES string of the molecule is CCN1CCN(S(=O)(=O)c2c(Oc3cc(C)cc(C)c3)ccc(C#N)c2CS(=O)(=O)O)CC1. The quantitative estimate of drug-likeness (QED) is 0.583. The van der Waals surface area contributed by atoms with Crippen molar-refractivity contribution in [2.45, 2.75) is 31.4 Å². The fraction of sp³-hybridized carbons (Fsp3) is 0.409. The van der Waals surface area contributed by atoms with E-state index in [-0.39, 0.29) is 30.0 Å². The summed E-state index contributed by atoms with van der Waals surface area (Å²) < 4.78 is 67.7. The van der Waals surface area contributed by atoms with Gasteiger partial charge in [-0.3, -0.25) is 4.55 Å². The maximum absolute atomic E-state index is 13.7. The summed E-state index contributed by atoms with van der Waals surface area (Å²) in [5.74, 6) is -0.749. The first-order chi connectivity index (χ1) is 15.4. The molecule has 1 saturated heterocycles. The molecule has 0 bridgehead atoms. The first-order valence-electron chi connectivity index (χ1n) is 10.4. The predicted molar refractivity (Wildman–Crippen MR) is 123 cm³/mol. The van der Waals surface area contributed by atoms with E-state index in [1.54, 1.807) is 12.1 Å². The molecule has 0 atom stereocenters. The van der Waals surface area contributed by atoms with Crippen LogP contribution in [0.25, 0.3) is 0 Å². The largest absolute Gasteiger partial charge is 0.456 e. The minimum absolute atomic E-state index is 0.101. The number of nitrogens with zero attached hydrogens (tertiary/aromatic N) is 3. The maximum Gasteiger partial charge on any atom is 0.269 e. The van der Waals surface area contributed by atoms with Gasteiger partial charge in [-0.2, -0.15) is 18.0 Å². The summed E-state index contributed by atoms with van der Waals surface area (Å²) in [6, 6.07) is 9.86. The van der Waals surface area contributed by atoms with E-state index in [0.717, 1.165) is 17.7 Å². The van der Waals surface area contributed by atoms with Gasteiger partial charge in [0.25, 0.3) is 10.1 Å². The van der Waals surface area contributed by atoms with Crippen LogP contribution in [0.2, 0.25) is 0 Å². The second-order valence-corrected chi connectivity index (χ2v) is 11.3. The van der Waals surface area contributed by atoms with Gasteiger partial charge in [0.05, 0.1) is 11.6 Å². The molecule has 2 aromatic rings. The van der Waals surface area contributed by atoms with E-state index in [2.05, 4.69) is 4.90 Å². The van der Waals surface area contributed by atoms with E-state index in [9.17, 15) is 26.7 Å². The molecule has 0 radical (unpaired) electrons. The molecule has 9 nitrogen and oxygen atoms in total. The number of hydrogen-bond acceptors (Lipinski definition) is 7. The highest BCUT2D eigenvalue weighted by Gasteiger charge is 2.35. The fourth-order valence-corrected chi connectivity index (χ4v) is 6.45. The lowest BCUT2D eigenvalue weighted by Gasteiger charge is -2.34. The summed E-state index contributed by atoms with van der Waals surface area (Å²) in [6.45, 7) is 7.97. The number of piperazine rings is 1. The third-order valence-corrected chi connectivity index (χ3v) is 8.13. The van der Waals surface area contributed by atoms with Crippen LogP contribution in [0.15, 0.2) is 35.2 Å². The molecule has 3 rings (SSSR count). The lowest BCUT2D eigenvalue weighted by Crippen LogP contribution is -2.48. The minimum Gasteiger partial charge on any atom is -0.456 e. The Morgan fingerprint density at radius 2 is 1.64 bits per heavy atom. The number of ether oxygens (including phenoxy) is 1. The number of hydrogen-bond donors (Lipinski definition) is 1. The highest BCUT2D eigenvalue weighted by Crippen LogP contribution is 2.37. The first kappa shape index (κ1) is 25.1. The minimum atomic E-state index is -4.64. The Bertz CT molecular complexity index is 1270. The standard InChI is InChI=1S/C22H27N3O6S2/c1-4-24-7-9-25(10-8-24)33(29,30)22-20(15-32(26,27)28)18(14-23)5-6-21(22)31-19-12-16(2)11-17(3)13-19/h5-6,11-13H,4,7-10,15H2,1-3H3,(H,26,27,28). The van der Waals surface area contributed by atoms with Gasteiger partial charge in [-0.05, 0) is 55.8 Å². The molecule has 1 fully saturated rings. The van der Waals surface area contributed by atoms with Gasteiger partial charge in [-0.15, -0.1) is 0 Å². The van der Waals surface area contributed by atoms with E-state index in [1.165, 1.54) is 16.4 Å². The third-order valence-electron chi connectivity index (χ3n) is 5.47. The van der Waals surface area contributed by atoms with Crippen LogP contribution < -0.4 is 4.74 Å². The lowest BCUT2D eigenvalue weighted by molar-refractivity contribution is 0.196. The Morgan fingerprint density at radius 3 is 2.15 bits per heavy atom. The van der Waals surface area contributed by atoms with Gasteiger partial charge in [0.2, 0.25) is 10.0 Å². The first-order valence-corrected chi connectivity index (χ1v) is 13.5. The molecule has 178 valence electrons. The van der Waals surface area contributed by atoms with E-state index in [1.807, 2.05) is 32.9 Å². The van der Waals surface area contributed by atoms with Crippen molar-refractivity contribution in [1.29, 1.82) is 5.26 Å². The molecule has 1 aliphatic heterocycles. The van der Waals surface area contributed by atoms with Crippen LogP contribution in [0.4, 0.5) is 0 Å². The molecule has 1 heterocycles. The van der Waals surface area contributed by atoms with Crippen molar-refractivity contribution in [1.82, 2.24) is 9.21 Å². The van der Waals surface area contributed by atoms with E-state index in [0.29, 0.717) is 18.8 Å². The van der Waals surface area contributed by atoms with Gasteiger partial charge < -0.3 is 9.64 Å². The molecule has 0 unspecified atom stereocenters. The second-order valence-electron chi connectivity index (χ2n) is 8.02. The molecule has 0 saturated carbocycles. The van der Waals surface area contributed by atoms with Crippen molar-refractivity contribution in [3.05, 3.63) is 52.6 Å². The third kappa shape index (κ3) is 5.90. The average Bonchev–Trinajstić information content (AvgIpc) is 2.72. The molecule has 0 aromatic heterocycles. The van der Waals surface area contributed by atoms with E-state index < -0.39 is 30.8 Å². The molecule has 11 heteroatoms. The van der Waals surface area contributed by atoms with Crippen molar-refractivity contribution in [3.63, 3.8) is 0 Å². The van der Waals surface area contributed by atoms with Crippen molar-refractivity contribution in [3.8, 4) is 17.6 Å². The van der Waals surface area contributed by atoms with Crippen molar-refractivity contribution < 1.29 is 26.1 Å². The van der Waals surface area contributed by atoms with Crippen LogP contribution in [0.5, 0.6) is 11.5 Å². The number of nitriles is 1. The van der Waals surface area contributed by atoms with E-state index >= 15 is 0 Å². The summed E-state index contributed by atoms with van der Waals surface area (Å²) in [5.41, 5.74) is 1.33. The van der Waals surface area contributed by atoms with Crippen LogP contribution in [0.1, 0.15) is 29.2 Å². The predicted octanol–water partition coefficient (Wildman–Crippen LogP) is 2.68. The average molecular weight is 494 g/mol. The molecule has 2 aromatic carbocycles. The molecule has 1 aliphatic rings. The van der Waals surface area contributed by atoms with Crippen molar-refractivity contribution >= 4 is 20.1 Å². The Morgan fingerprint density at radius 1 is 1.03 bits per heavy atom. The van der Waals surface area contributed by atoms with Crippen LogP contribution in [-0.4, -0.2) is 63.3 Å². The lowest BCUT2D eigenvalue weighted by atomic mass is 10.1. The second kappa shape index (κ2) is 9.79. The molecule has 0 spiro atoms. The fourth-order valence-electron chi connectivity index (χ4n) is 3.93. The zero-order valence-corrected chi connectivity index (χ0v) is 20.4.